The Balaban J connectivity index is 2.19. The molecule has 3 nitrogen and oxygen atoms in total. The summed E-state index contributed by atoms with van der Waals surface area (Å²) >= 11 is 0. The van der Waals surface area contributed by atoms with E-state index in [1.807, 2.05) is 0 Å². The molecule has 1 aromatic carbocycles. The molecule has 4 heteroatoms. The quantitative estimate of drug-likeness (QED) is 0.762. The van der Waals surface area contributed by atoms with E-state index < -0.39 is 0 Å². The normalized spacial score (nSPS) is 10.0. The van der Waals surface area contributed by atoms with Crippen LogP contribution in [0.1, 0.15) is 15.9 Å². The Kier molecular flexibility index (Phi) is 3.14. The predicted molar refractivity (Wildman–Crippen MR) is 60.8 cm³/mol. The van der Waals surface area contributed by atoms with Gasteiger partial charge in [-0.1, -0.05) is 0 Å². The van der Waals surface area contributed by atoms with Gasteiger partial charge in [-0.05, 0) is 36.8 Å². The lowest BCUT2D eigenvalue weighted by Crippen LogP contribution is -1.90. The van der Waals surface area contributed by atoms with Gasteiger partial charge in [-0.25, -0.2) is 9.37 Å². The molecule has 1 heterocycles. The van der Waals surface area contributed by atoms with Gasteiger partial charge in [-0.15, -0.1) is 0 Å². The summed E-state index contributed by atoms with van der Waals surface area (Å²) < 4.78 is 18.4. The molecule has 0 aliphatic rings. The molecule has 0 saturated heterocycles. The van der Waals surface area contributed by atoms with E-state index in [4.69, 9.17) is 4.74 Å². The molecule has 0 atom stereocenters. The maximum absolute atomic E-state index is 13.0. The summed E-state index contributed by atoms with van der Waals surface area (Å²) in [5, 5.41) is 0. The fourth-order valence-corrected chi connectivity index (χ4v) is 1.32. The first kappa shape index (κ1) is 11.3. The number of hydrogen-bond acceptors (Lipinski definition) is 3. The van der Waals surface area contributed by atoms with Crippen molar-refractivity contribution in [1.82, 2.24) is 4.98 Å². The van der Waals surface area contributed by atoms with Gasteiger partial charge in [0.1, 0.15) is 11.6 Å². The highest BCUT2D eigenvalue weighted by atomic mass is 19.1. The molecule has 0 aliphatic heterocycles. The largest absolute Gasteiger partial charge is 0.439 e. The van der Waals surface area contributed by atoms with Gasteiger partial charge in [0.2, 0.25) is 5.88 Å². The number of carbonyl (C=O) groups excluding carboxylic acids is 1. The van der Waals surface area contributed by atoms with Gasteiger partial charge in [-0.3, -0.25) is 4.79 Å². The summed E-state index contributed by atoms with van der Waals surface area (Å²) in [5.41, 5.74) is 0.986. The average molecular weight is 231 g/mol. The number of benzene rings is 1. The number of nitrogens with zero attached hydrogens (tertiary/aromatic N) is 1. The summed E-state index contributed by atoms with van der Waals surface area (Å²) in [4.78, 5) is 14.4. The molecular weight excluding hydrogens is 221 g/mol. The van der Waals surface area contributed by atoms with Gasteiger partial charge in [0.05, 0.1) is 0 Å². The Hall–Kier alpha value is -2.23. The zero-order chi connectivity index (χ0) is 12.3. The molecule has 0 bridgehead atoms. The Morgan fingerprint density at radius 1 is 1.29 bits per heavy atom. The molecule has 0 spiro atoms. The average Bonchev–Trinajstić information content (AvgIpc) is 2.35. The van der Waals surface area contributed by atoms with Crippen molar-refractivity contribution in [3.8, 4) is 11.6 Å². The van der Waals surface area contributed by atoms with Crippen molar-refractivity contribution in [2.24, 2.45) is 0 Å². The third kappa shape index (κ3) is 2.66. The van der Waals surface area contributed by atoms with Crippen molar-refractivity contribution in [3.05, 3.63) is 53.5 Å². The van der Waals surface area contributed by atoms with Gasteiger partial charge in [-0.2, -0.15) is 0 Å². The smallest absolute Gasteiger partial charge is 0.219 e. The summed E-state index contributed by atoms with van der Waals surface area (Å²) in [6.45, 7) is 1.66. The molecule has 0 amide bonds. The maximum atomic E-state index is 13.0. The van der Waals surface area contributed by atoms with E-state index in [1.165, 1.54) is 18.3 Å². The lowest BCUT2D eigenvalue weighted by molar-refractivity contribution is 0.112. The van der Waals surface area contributed by atoms with Crippen molar-refractivity contribution in [2.75, 3.05) is 0 Å². The van der Waals surface area contributed by atoms with Gasteiger partial charge in [0.25, 0.3) is 0 Å². The fourth-order valence-electron chi connectivity index (χ4n) is 1.32. The van der Waals surface area contributed by atoms with E-state index in [0.717, 1.165) is 0 Å². The minimum Gasteiger partial charge on any atom is -0.439 e. The Bertz CT molecular complexity index is 538. The SMILES string of the molecule is Cc1cc(Oc2ccc(C=O)cn2)ccc1F. The number of aromatic nitrogens is 1. The van der Waals surface area contributed by atoms with Gasteiger partial charge in [0.15, 0.2) is 6.29 Å². The van der Waals surface area contributed by atoms with Crippen molar-refractivity contribution >= 4 is 6.29 Å². The monoisotopic (exact) mass is 231 g/mol. The highest BCUT2D eigenvalue weighted by Crippen LogP contribution is 2.21. The number of halogens is 1. The van der Waals surface area contributed by atoms with Crippen molar-refractivity contribution in [1.29, 1.82) is 0 Å². The number of pyridine rings is 1. The summed E-state index contributed by atoms with van der Waals surface area (Å²) in [5.74, 6) is 0.596. The molecule has 1 aromatic heterocycles. The molecule has 0 saturated carbocycles. The zero-order valence-electron chi connectivity index (χ0n) is 9.18. The first-order valence-electron chi connectivity index (χ1n) is 5.04. The van der Waals surface area contributed by atoms with Crippen LogP contribution in [-0.2, 0) is 0 Å². The van der Waals surface area contributed by atoms with E-state index in [-0.39, 0.29) is 5.82 Å². The van der Waals surface area contributed by atoms with Gasteiger partial charge in [0, 0.05) is 17.8 Å². The first-order valence-corrected chi connectivity index (χ1v) is 5.04. The molecule has 0 aliphatic carbocycles. The van der Waals surface area contributed by atoms with E-state index in [1.54, 1.807) is 25.1 Å². The van der Waals surface area contributed by atoms with Crippen LogP contribution in [0.2, 0.25) is 0 Å². The number of aryl methyl sites for hydroxylation is 1. The molecule has 0 N–H and O–H groups in total. The van der Waals surface area contributed by atoms with E-state index in [2.05, 4.69) is 4.98 Å². The van der Waals surface area contributed by atoms with Crippen molar-refractivity contribution in [3.63, 3.8) is 0 Å². The summed E-state index contributed by atoms with van der Waals surface area (Å²) in [6, 6.07) is 7.64. The van der Waals surface area contributed by atoms with Crippen LogP contribution in [0.3, 0.4) is 0 Å². The molecule has 0 radical (unpaired) electrons. The molecular formula is C13H10FNO2. The summed E-state index contributed by atoms with van der Waals surface area (Å²) in [7, 11) is 0. The minimum absolute atomic E-state index is 0.276. The second-order valence-electron chi connectivity index (χ2n) is 3.56. The van der Waals surface area contributed by atoms with Crippen molar-refractivity contribution < 1.29 is 13.9 Å². The standard InChI is InChI=1S/C13H10FNO2/c1-9-6-11(3-4-12(9)14)17-13-5-2-10(8-16)7-15-13/h2-8H,1H3. The Labute approximate surface area is 97.9 Å². The van der Waals surface area contributed by atoms with E-state index in [0.29, 0.717) is 29.0 Å². The topological polar surface area (TPSA) is 39.2 Å². The molecule has 2 rings (SSSR count). The molecule has 0 unspecified atom stereocenters. The zero-order valence-corrected chi connectivity index (χ0v) is 9.18. The number of aldehydes is 1. The second-order valence-corrected chi connectivity index (χ2v) is 3.56. The Morgan fingerprint density at radius 2 is 2.12 bits per heavy atom. The number of carbonyl (C=O) groups is 1. The fraction of sp³-hybridized carbons (Fsp3) is 0.0769. The van der Waals surface area contributed by atoms with Crippen molar-refractivity contribution in [2.45, 2.75) is 6.92 Å². The highest BCUT2D eigenvalue weighted by molar-refractivity contribution is 5.74. The molecule has 17 heavy (non-hydrogen) atoms. The van der Waals surface area contributed by atoms with Crippen LogP contribution < -0.4 is 4.74 Å². The van der Waals surface area contributed by atoms with Crippen LogP contribution in [0.5, 0.6) is 11.6 Å². The maximum Gasteiger partial charge on any atom is 0.219 e. The molecule has 2 aromatic rings. The second kappa shape index (κ2) is 4.74. The number of ether oxygens (including phenoxy) is 1. The Morgan fingerprint density at radius 3 is 2.71 bits per heavy atom. The van der Waals surface area contributed by atoms with Crippen LogP contribution in [-0.4, -0.2) is 11.3 Å². The first-order chi connectivity index (χ1) is 8.19. The van der Waals surface area contributed by atoms with E-state index >= 15 is 0 Å². The van der Waals surface area contributed by atoms with Gasteiger partial charge < -0.3 is 4.74 Å². The molecule has 0 fully saturated rings. The van der Waals surface area contributed by atoms with Crippen LogP contribution in [0, 0.1) is 12.7 Å². The van der Waals surface area contributed by atoms with Gasteiger partial charge >= 0.3 is 0 Å². The number of hydrogen-bond donors (Lipinski definition) is 0. The lowest BCUT2D eigenvalue weighted by atomic mass is 10.2. The molecule has 86 valence electrons. The minimum atomic E-state index is -0.276. The summed E-state index contributed by atoms with van der Waals surface area (Å²) in [6.07, 6.45) is 2.12. The van der Waals surface area contributed by atoms with Crippen LogP contribution in [0.25, 0.3) is 0 Å². The lowest BCUT2D eigenvalue weighted by Gasteiger charge is -2.05. The van der Waals surface area contributed by atoms with E-state index in [9.17, 15) is 9.18 Å². The number of rotatable bonds is 3. The highest BCUT2D eigenvalue weighted by Gasteiger charge is 2.02. The van der Waals surface area contributed by atoms with Crippen LogP contribution >= 0.6 is 0 Å². The van der Waals surface area contributed by atoms with Crippen LogP contribution in [0.4, 0.5) is 4.39 Å². The third-order valence-corrected chi connectivity index (χ3v) is 2.25. The predicted octanol–water partition coefficient (Wildman–Crippen LogP) is 3.13. The third-order valence-electron chi connectivity index (χ3n) is 2.25. The van der Waals surface area contributed by atoms with Crippen LogP contribution in [0.15, 0.2) is 36.5 Å².